The minimum atomic E-state index is -0.949. The number of benzene rings is 2. The number of quaternary nitrogens is 1. The number of hydrogen-bond acceptors (Lipinski definition) is 7. The molecule has 8 heteroatoms. The molecule has 0 spiro atoms. The van der Waals surface area contributed by atoms with Crippen molar-refractivity contribution in [3.05, 3.63) is 71.3 Å². The molecule has 0 radical (unpaired) electrons. The number of hydrogen-bond donors (Lipinski definition) is 3. The smallest absolute Gasteiger partial charge is 0.244 e. The van der Waals surface area contributed by atoms with Gasteiger partial charge in [0.2, 0.25) is 11.7 Å². The first-order valence-corrected chi connectivity index (χ1v) is 8.73. The molecule has 140 valence electrons. The fourth-order valence-electron chi connectivity index (χ4n) is 3.37. The molecule has 3 N–H and O–H groups in total. The normalized spacial score (nSPS) is 21.4. The van der Waals surface area contributed by atoms with Gasteiger partial charge in [-0.1, -0.05) is 47.6 Å². The summed E-state index contributed by atoms with van der Waals surface area (Å²) in [7, 11) is 0. The molecular weight excluding hydrogens is 348 g/mol. The Kier molecular flexibility index (Phi) is 4.97. The van der Waals surface area contributed by atoms with Gasteiger partial charge in [-0.25, -0.2) is 5.21 Å². The molecule has 1 unspecified atom stereocenters. The first-order valence-electron chi connectivity index (χ1n) is 8.73. The molecule has 4 rings (SSSR count). The lowest BCUT2D eigenvalue weighted by atomic mass is 10.1. The van der Waals surface area contributed by atoms with Crippen molar-refractivity contribution in [1.29, 1.82) is 0 Å². The van der Waals surface area contributed by atoms with Gasteiger partial charge in [0.15, 0.2) is 5.69 Å². The summed E-state index contributed by atoms with van der Waals surface area (Å²) < 4.78 is 5.48. The molecule has 3 atom stereocenters. The second kappa shape index (κ2) is 7.55. The van der Waals surface area contributed by atoms with E-state index in [2.05, 4.69) is 15.0 Å². The Balaban J connectivity index is 1.52. The maximum absolute atomic E-state index is 11.0. The minimum Gasteiger partial charge on any atom is -0.595 e. The largest absolute Gasteiger partial charge is 0.595 e. The number of aliphatic hydroxyl groups is 1. The summed E-state index contributed by atoms with van der Waals surface area (Å²) in [5.41, 5.74) is 2.09. The lowest BCUT2D eigenvalue weighted by molar-refractivity contribution is -0.991. The molecule has 2 aromatic carbocycles. The molecule has 0 bridgehead atoms. The van der Waals surface area contributed by atoms with Crippen molar-refractivity contribution in [1.82, 2.24) is 15.0 Å². The zero-order valence-corrected chi connectivity index (χ0v) is 14.5. The maximum atomic E-state index is 11.0. The van der Waals surface area contributed by atoms with Crippen LogP contribution in [0.3, 0.4) is 0 Å². The highest BCUT2D eigenvalue weighted by Gasteiger charge is 2.35. The number of aromatic nitrogens is 2. The van der Waals surface area contributed by atoms with Crippen molar-refractivity contribution in [2.24, 2.45) is 0 Å². The van der Waals surface area contributed by atoms with Crippen molar-refractivity contribution in [2.75, 3.05) is 6.54 Å². The maximum Gasteiger partial charge on any atom is 0.244 e. The van der Waals surface area contributed by atoms with Gasteiger partial charge in [0.1, 0.15) is 0 Å². The second-order valence-corrected chi connectivity index (χ2v) is 6.66. The van der Waals surface area contributed by atoms with Crippen LogP contribution < -0.4 is 5.23 Å². The van der Waals surface area contributed by atoms with Crippen molar-refractivity contribution in [3.63, 3.8) is 0 Å². The third kappa shape index (κ3) is 3.90. The highest BCUT2D eigenvalue weighted by atomic mass is 16.8. The van der Waals surface area contributed by atoms with Gasteiger partial charge in [-0.15, -0.1) is 0 Å². The Morgan fingerprint density at radius 1 is 1.15 bits per heavy atom. The topological polar surface area (TPSA) is 110 Å². The van der Waals surface area contributed by atoms with E-state index in [1.165, 1.54) is 0 Å². The number of β-amino-alcohol motifs (C(OH)–C–C–N with tert-alkyl or cyclic N) is 1. The van der Waals surface area contributed by atoms with E-state index < -0.39 is 11.3 Å². The molecule has 0 aliphatic carbocycles. The van der Waals surface area contributed by atoms with Crippen molar-refractivity contribution in [3.8, 4) is 11.4 Å². The number of rotatable bonds is 5. The van der Waals surface area contributed by atoms with E-state index >= 15 is 0 Å². The zero-order chi connectivity index (χ0) is 18.8. The fourth-order valence-corrected chi connectivity index (χ4v) is 3.37. The first kappa shape index (κ1) is 17.8. The number of aliphatic hydroxyl groups excluding tert-OH is 1. The number of nitrogens with one attached hydrogen (secondary N) is 1. The predicted octanol–water partition coefficient (Wildman–Crippen LogP) is 1.45. The average Bonchev–Trinajstić information content (AvgIpc) is 3.29. The van der Waals surface area contributed by atoms with Gasteiger partial charge in [-0.05, 0) is 12.0 Å². The molecule has 1 fully saturated rings. The van der Waals surface area contributed by atoms with Crippen molar-refractivity contribution >= 4 is 5.69 Å². The van der Waals surface area contributed by atoms with Crippen LogP contribution in [0.15, 0.2) is 59.1 Å². The number of likely N-dealkylation sites (tertiary alicyclic amines) is 1. The molecule has 8 nitrogen and oxygen atoms in total. The van der Waals surface area contributed by atoms with Gasteiger partial charge in [0.25, 0.3) is 0 Å². The van der Waals surface area contributed by atoms with E-state index in [0.717, 1.165) is 11.1 Å². The Bertz CT molecular complexity index is 882. The summed E-state index contributed by atoms with van der Waals surface area (Å²) in [5.74, 6) is 1.00. The standard InChI is InChI=1S/C19H20N4O4/c24-16-10-17(19-20-18(21-27-19)14-4-2-1-3-5-14)22(12-16)11-13-6-8-15(9-7-13)23(25)26/h1-9,16-17,23-25H,10-12H2/t16-,17-/m1/s1. The minimum absolute atomic E-state index is 0.177. The molecule has 1 aliphatic heterocycles. The van der Waals surface area contributed by atoms with Crippen LogP contribution in [0.5, 0.6) is 0 Å². The summed E-state index contributed by atoms with van der Waals surface area (Å²) in [4.78, 5) is 6.59. The van der Waals surface area contributed by atoms with E-state index in [1.807, 2.05) is 30.3 Å². The van der Waals surface area contributed by atoms with E-state index in [-0.39, 0.29) is 11.7 Å². The summed E-state index contributed by atoms with van der Waals surface area (Å²) >= 11 is 0. The monoisotopic (exact) mass is 368 g/mol. The van der Waals surface area contributed by atoms with Crippen LogP contribution >= 0.6 is 0 Å². The third-order valence-electron chi connectivity index (χ3n) is 4.73. The van der Waals surface area contributed by atoms with Gasteiger partial charge in [-0.3, -0.25) is 4.90 Å². The van der Waals surface area contributed by atoms with Gasteiger partial charge in [-0.2, -0.15) is 10.2 Å². The van der Waals surface area contributed by atoms with Crippen molar-refractivity contribution in [2.45, 2.75) is 25.1 Å². The quantitative estimate of drug-likeness (QED) is 0.585. The molecule has 0 saturated carbocycles. The SMILES string of the molecule is [O-][NH+](O)c1ccc(CN2C[C@H](O)C[C@@H]2c2nc(-c3ccccc3)no2)cc1. The van der Waals surface area contributed by atoms with E-state index in [4.69, 9.17) is 9.73 Å². The van der Waals surface area contributed by atoms with Gasteiger partial charge in [0.05, 0.1) is 12.1 Å². The summed E-state index contributed by atoms with van der Waals surface area (Å²) in [6.45, 7) is 1.05. The van der Waals surface area contributed by atoms with Crippen LogP contribution in [0.25, 0.3) is 11.4 Å². The molecular formula is C19H20N4O4. The lowest BCUT2D eigenvalue weighted by Gasteiger charge is -2.21. The van der Waals surface area contributed by atoms with Crippen molar-refractivity contribution < 1.29 is 20.1 Å². The molecule has 27 heavy (non-hydrogen) atoms. The average molecular weight is 368 g/mol. The number of nitrogens with zero attached hydrogens (tertiary/aromatic N) is 3. The summed E-state index contributed by atoms with van der Waals surface area (Å²) in [6.07, 6.45) is 0.0456. The summed E-state index contributed by atoms with van der Waals surface area (Å²) in [5, 5.41) is 33.3. The van der Waals surface area contributed by atoms with Crippen LogP contribution in [0.4, 0.5) is 5.69 Å². The molecule has 1 saturated heterocycles. The highest BCUT2D eigenvalue weighted by Crippen LogP contribution is 2.33. The van der Waals surface area contributed by atoms with Crippen LogP contribution in [0.2, 0.25) is 0 Å². The second-order valence-electron chi connectivity index (χ2n) is 6.66. The molecule has 1 aliphatic rings. The molecule has 0 amide bonds. The van der Waals surface area contributed by atoms with Crippen LogP contribution in [0, 0.1) is 5.21 Å². The van der Waals surface area contributed by atoms with Crippen LogP contribution in [-0.4, -0.2) is 38.0 Å². The molecule has 1 aromatic heterocycles. The van der Waals surface area contributed by atoms with E-state index in [1.54, 1.807) is 24.3 Å². The Morgan fingerprint density at radius 3 is 2.59 bits per heavy atom. The van der Waals surface area contributed by atoms with Crippen LogP contribution in [0.1, 0.15) is 23.9 Å². The van der Waals surface area contributed by atoms with Gasteiger partial charge in [0, 0.05) is 30.8 Å². The lowest BCUT2D eigenvalue weighted by Crippen LogP contribution is -2.99. The predicted molar refractivity (Wildman–Crippen MR) is 95.7 cm³/mol. The third-order valence-corrected chi connectivity index (χ3v) is 4.73. The highest BCUT2D eigenvalue weighted by molar-refractivity contribution is 5.53. The Hall–Kier alpha value is -2.62. The zero-order valence-electron chi connectivity index (χ0n) is 14.5. The van der Waals surface area contributed by atoms with E-state index in [9.17, 15) is 10.3 Å². The van der Waals surface area contributed by atoms with E-state index in [0.29, 0.717) is 31.2 Å². The Morgan fingerprint density at radius 2 is 1.89 bits per heavy atom. The fraction of sp³-hybridized carbons (Fsp3) is 0.263. The van der Waals surface area contributed by atoms with Gasteiger partial charge >= 0.3 is 0 Å². The van der Waals surface area contributed by atoms with Gasteiger partial charge < -0.3 is 14.8 Å². The Labute approximate surface area is 155 Å². The first-order chi connectivity index (χ1) is 13.1. The molecule has 3 aromatic rings. The van der Waals surface area contributed by atoms with Crippen LogP contribution in [-0.2, 0) is 6.54 Å². The molecule has 2 heterocycles. The summed E-state index contributed by atoms with van der Waals surface area (Å²) in [6, 6.07) is 16.1.